The highest BCUT2D eigenvalue weighted by atomic mass is 16.5. The summed E-state index contributed by atoms with van der Waals surface area (Å²) in [5.74, 6) is 0. The number of carbonyl (C=O) groups excluding carboxylic acids is 1. The Balaban J connectivity index is 2.27. The van der Waals surface area contributed by atoms with Crippen LogP contribution in [0.3, 0.4) is 0 Å². The van der Waals surface area contributed by atoms with Crippen LogP contribution in [-0.4, -0.2) is 23.8 Å². The van der Waals surface area contributed by atoms with Gasteiger partial charge in [-0.25, -0.2) is 4.79 Å². The average molecular weight is 262 g/mol. The van der Waals surface area contributed by atoms with Gasteiger partial charge < -0.3 is 15.2 Å². The van der Waals surface area contributed by atoms with Gasteiger partial charge in [0.15, 0.2) is 0 Å². The third-order valence-corrected chi connectivity index (χ3v) is 2.56. The van der Waals surface area contributed by atoms with Crippen molar-refractivity contribution in [3.05, 3.63) is 35.9 Å². The topological polar surface area (TPSA) is 82.4 Å². The third kappa shape index (κ3) is 6.43. The lowest BCUT2D eigenvalue weighted by molar-refractivity contribution is 0.137. The Bertz CT molecular complexity index is 414. The normalized spacial score (nSPS) is 11.4. The Hall–Kier alpha value is -2.06. The molecule has 1 aromatic carbocycles. The van der Waals surface area contributed by atoms with Crippen LogP contribution in [0.5, 0.6) is 0 Å². The first kappa shape index (κ1) is 15.0. The lowest BCUT2D eigenvalue weighted by atomic mass is 10.1. The second-order valence-corrected chi connectivity index (χ2v) is 4.11. The van der Waals surface area contributed by atoms with Gasteiger partial charge in [-0.15, -0.1) is 0 Å². The Kier molecular flexibility index (Phi) is 7.06. The molecule has 0 aliphatic rings. The second kappa shape index (κ2) is 8.95. The molecule has 0 aromatic heterocycles. The number of nitrogens with zero attached hydrogens (tertiary/aromatic N) is 1. The smallest absolute Gasteiger partial charge is 0.408 e. The van der Waals surface area contributed by atoms with E-state index >= 15 is 0 Å². The number of aliphatic hydroxyl groups excluding tert-OH is 1. The number of benzene rings is 1. The van der Waals surface area contributed by atoms with Gasteiger partial charge in [-0.2, -0.15) is 5.26 Å². The fourth-order valence-corrected chi connectivity index (χ4v) is 1.54. The average Bonchev–Trinajstić information content (AvgIpc) is 2.45. The molecule has 5 heteroatoms. The highest BCUT2D eigenvalue weighted by Gasteiger charge is 2.11. The number of hydrogen-bond acceptors (Lipinski definition) is 4. The van der Waals surface area contributed by atoms with Crippen molar-refractivity contribution in [1.29, 1.82) is 5.26 Å². The maximum absolute atomic E-state index is 11.5. The SMILES string of the molecule is N#CC(CCCCO)NC(=O)OCc1ccccc1. The molecule has 1 amide bonds. The summed E-state index contributed by atoms with van der Waals surface area (Å²) in [7, 11) is 0. The van der Waals surface area contributed by atoms with Crippen LogP contribution in [-0.2, 0) is 11.3 Å². The molecule has 1 atom stereocenters. The summed E-state index contributed by atoms with van der Waals surface area (Å²) in [4.78, 5) is 11.5. The number of unbranched alkanes of at least 4 members (excludes halogenated alkanes) is 1. The number of nitrogens with one attached hydrogen (secondary N) is 1. The molecule has 0 fully saturated rings. The van der Waals surface area contributed by atoms with Gasteiger partial charge >= 0.3 is 6.09 Å². The monoisotopic (exact) mass is 262 g/mol. The molecule has 0 radical (unpaired) electrons. The van der Waals surface area contributed by atoms with E-state index in [0.29, 0.717) is 19.3 Å². The Morgan fingerprint density at radius 2 is 2.11 bits per heavy atom. The Morgan fingerprint density at radius 1 is 1.37 bits per heavy atom. The lowest BCUT2D eigenvalue weighted by Crippen LogP contribution is -2.34. The maximum Gasteiger partial charge on any atom is 0.408 e. The van der Waals surface area contributed by atoms with Crippen molar-refractivity contribution in [2.75, 3.05) is 6.61 Å². The highest BCUT2D eigenvalue weighted by Crippen LogP contribution is 2.03. The van der Waals surface area contributed by atoms with Gasteiger partial charge in [0, 0.05) is 6.61 Å². The van der Waals surface area contributed by atoms with Crippen molar-refractivity contribution in [3.63, 3.8) is 0 Å². The van der Waals surface area contributed by atoms with E-state index in [1.165, 1.54) is 0 Å². The molecule has 1 unspecified atom stereocenters. The van der Waals surface area contributed by atoms with Crippen LogP contribution >= 0.6 is 0 Å². The van der Waals surface area contributed by atoms with Crippen LogP contribution in [0.25, 0.3) is 0 Å². The van der Waals surface area contributed by atoms with E-state index in [9.17, 15) is 4.79 Å². The summed E-state index contributed by atoms with van der Waals surface area (Å²) in [6.07, 6.45) is 1.23. The molecular formula is C14H18N2O3. The molecule has 0 spiro atoms. The minimum absolute atomic E-state index is 0.0939. The minimum atomic E-state index is -0.598. The van der Waals surface area contributed by atoms with Crippen molar-refractivity contribution in [1.82, 2.24) is 5.32 Å². The van der Waals surface area contributed by atoms with Crippen LogP contribution in [0.2, 0.25) is 0 Å². The first-order valence-electron chi connectivity index (χ1n) is 6.24. The van der Waals surface area contributed by atoms with E-state index in [1.807, 2.05) is 36.4 Å². The molecular weight excluding hydrogens is 244 g/mol. The molecule has 2 N–H and O–H groups in total. The van der Waals surface area contributed by atoms with E-state index in [0.717, 1.165) is 5.56 Å². The fourth-order valence-electron chi connectivity index (χ4n) is 1.54. The van der Waals surface area contributed by atoms with E-state index in [4.69, 9.17) is 15.1 Å². The summed E-state index contributed by atoms with van der Waals surface area (Å²) >= 11 is 0. The van der Waals surface area contributed by atoms with E-state index in [1.54, 1.807) is 0 Å². The molecule has 0 aliphatic heterocycles. The number of hydrogen-bond donors (Lipinski definition) is 2. The first-order chi connectivity index (χ1) is 9.26. The summed E-state index contributed by atoms with van der Waals surface area (Å²) < 4.78 is 5.02. The van der Waals surface area contributed by atoms with E-state index < -0.39 is 12.1 Å². The van der Waals surface area contributed by atoms with Crippen molar-refractivity contribution in [3.8, 4) is 6.07 Å². The van der Waals surface area contributed by atoms with Gasteiger partial charge in [-0.05, 0) is 24.8 Å². The number of amides is 1. The fraction of sp³-hybridized carbons (Fsp3) is 0.429. The first-order valence-corrected chi connectivity index (χ1v) is 6.24. The van der Waals surface area contributed by atoms with Crippen LogP contribution in [0.1, 0.15) is 24.8 Å². The van der Waals surface area contributed by atoms with Crippen LogP contribution in [0.4, 0.5) is 4.79 Å². The molecule has 19 heavy (non-hydrogen) atoms. The molecule has 0 heterocycles. The van der Waals surface area contributed by atoms with Crippen LogP contribution in [0.15, 0.2) is 30.3 Å². The number of aliphatic hydroxyl groups is 1. The molecule has 0 saturated carbocycles. The zero-order chi connectivity index (χ0) is 13.9. The van der Waals surface area contributed by atoms with Crippen LogP contribution in [0, 0.1) is 11.3 Å². The third-order valence-electron chi connectivity index (χ3n) is 2.56. The number of nitriles is 1. The van der Waals surface area contributed by atoms with E-state index in [-0.39, 0.29) is 13.2 Å². The van der Waals surface area contributed by atoms with Crippen molar-refractivity contribution < 1.29 is 14.6 Å². The van der Waals surface area contributed by atoms with Gasteiger partial charge in [0.2, 0.25) is 0 Å². The van der Waals surface area contributed by atoms with Crippen molar-refractivity contribution >= 4 is 6.09 Å². The summed E-state index contributed by atoms with van der Waals surface area (Å²) in [6.45, 7) is 0.276. The second-order valence-electron chi connectivity index (χ2n) is 4.11. The maximum atomic E-state index is 11.5. The Morgan fingerprint density at radius 3 is 2.74 bits per heavy atom. The van der Waals surface area contributed by atoms with Crippen molar-refractivity contribution in [2.45, 2.75) is 31.9 Å². The predicted molar refractivity (Wildman–Crippen MR) is 70.1 cm³/mol. The van der Waals surface area contributed by atoms with E-state index in [2.05, 4.69) is 5.32 Å². The van der Waals surface area contributed by atoms with Gasteiger partial charge in [-0.3, -0.25) is 0 Å². The van der Waals surface area contributed by atoms with Gasteiger partial charge in [-0.1, -0.05) is 30.3 Å². The predicted octanol–water partition coefficient (Wildman–Crippen LogP) is 1.97. The van der Waals surface area contributed by atoms with Crippen molar-refractivity contribution in [2.24, 2.45) is 0 Å². The lowest BCUT2D eigenvalue weighted by Gasteiger charge is -2.11. The molecule has 102 valence electrons. The summed E-state index contributed by atoms with van der Waals surface area (Å²) in [6, 6.07) is 10.8. The molecule has 0 aliphatic carbocycles. The quantitative estimate of drug-likeness (QED) is 0.736. The molecule has 0 saturated heterocycles. The number of carbonyl (C=O) groups is 1. The standard InChI is InChI=1S/C14H18N2O3/c15-10-13(8-4-5-9-17)16-14(18)19-11-12-6-2-1-3-7-12/h1-3,6-7,13,17H,4-5,8-9,11H2,(H,16,18). The van der Waals surface area contributed by atoms with Crippen LogP contribution < -0.4 is 5.32 Å². The zero-order valence-electron chi connectivity index (χ0n) is 10.7. The molecule has 5 nitrogen and oxygen atoms in total. The summed E-state index contributed by atoms with van der Waals surface area (Å²) in [5.41, 5.74) is 0.895. The molecule has 1 aromatic rings. The zero-order valence-corrected chi connectivity index (χ0v) is 10.7. The van der Waals surface area contributed by atoms with Gasteiger partial charge in [0.25, 0.3) is 0 Å². The number of ether oxygens (including phenoxy) is 1. The Labute approximate surface area is 112 Å². The minimum Gasteiger partial charge on any atom is -0.445 e. The largest absolute Gasteiger partial charge is 0.445 e. The molecule has 1 rings (SSSR count). The number of alkyl carbamates (subject to hydrolysis) is 1. The summed E-state index contributed by atoms with van der Waals surface area (Å²) in [5, 5.41) is 20.0. The van der Waals surface area contributed by atoms with Gasteiger partial charge in [0.1, 0.15) is 12.6 Å². The molecule has 0 bridgehead atoms. The highest BCUT2D eigenvalue weighted by molar-refractivity contribution is 5.68. The number of rotatable bonds is 7. The van der Waals surface area contributed by atoms with Gasteiger partial charge in [0.05, 0.1) is 6.07 Å².